The summed E-state index contributed by atoms with van der Waals surface area (Å²) in [6.07, 6.45) is 8.47. The number of hydrogen-bond donors (Lipinski definition) is 0. The molecule has 2 saturated carbocycles. The standard InChI is InChI=1S/C11H18O2/c1-13-10(12)11(6-3-7-11)8-9-4-2-5-9/h9H,2-8H2,1H3. The van der Waals surface area contributed by atoms with Crippen molar-refractivity contribution in [1.82, 2.24) is 0 Å². The van der Waals surface area contributed by atoms with Gasteiger partial charge in [0.2, 0.25) is 0 Å². The first-order valence-corrected chi connectivity index (χ1v) is 5.35. The maximum absolute atomic E-state index is 11.6. The van der Waals surface area contributed by atoms with Gasteiger partial charge >= 0.3 is 5.97 Å². The van der Waals surface area contributed by atoms with Crippen molar-refractivity contribution < 1.29 is 9.53 Å². The van der Waals surface area contributed by atoms with Crippen LogP contribution >= 0.6 is 0 Å². The zero-order chi connectivity index (χ0) is 9.31. The average molecular weight is 182 g/mol. The molecule has 2 fully saturated rings. The first-order valence-electron chi connectivity index (χ1n) is 5.35. The smallest absolute Gasteiger partial charge is 0.311 e. The Labute approximate surface area is 79.7 Å². The van der Waals surface area contributed by atoms with Gasteiger partial charge in [0, 0.05) is 0 Å². The Hall–Kier alpha value is -0.530. The van der Waals surface area contributed by atoms with Gasteiger partial charge in [-0.25, -0.2) is 0 Å². The number of methoxy groups -OCH3 is 1. The summed E-state index contributed by atoms with van der Waals surface area (Å²) in [5.41, 5.74) is -0.0557. The molecule has 0 atom stereocenters. The number of carbonyl (C=O) groups is 1. The molecule has 0 aliphatic heterocycles. The second kappa shape index (κ2) is 3.32. The minimum absolute atomic E-state index is 0.0469. The average Bonchev–Trinajstić information content (AvgIpc) is 1.99. The summed E-state index contributed by atoms with van der Waals surface area (Å²) in [7, 11) is 1.52. The van der Waals surface area contributed by atoms with E-state index in [2.05, 4.69) is 0 Å². The summed E-state index contributed by atoms with van der Waals surface area (Å²) in [5.74, 6) is 0.866. The second-order valence-electron chi connectivity index (χ2n) is 4.63. The van der Waals surface area contributed by atoms with Crippen molar-refractivity contribution in [3.05, 3.63) is 0 Å². The lowest BCUT2D eigenvalue weighted by Crippen LogP contribution is -2.41. The molecule has 0 N–H and O–H groups in total. The van der Waals surface area contributed by atoms with Gasteiger partial charge in [0.25, 0.3) is 0 Å². The second-order valence-corrected chi connectivity index (χ2v) is 4.63. The summed E-state index contributed by atoms with van der Waals surface area (Å²) in [6, 6.07) is 0. The SMILES string of the molecule is COC(=O)C1(CC2CCC2)CCC1. The first kappa shape index (κ1) is 9.04. The molecule has 0 heterocycles. The Morgan fingerprint density at radius 1 is 1.38 bits per heavy atom. The molecule has 13 heavy (non-hydrogen) atoms. The van der Waals surface area contributed by atoms with E-state index in [1.807, 2.05) is 0 Å². The van der Waals surface area contributed by atoms with E-state index in [0.717, 1.165) is 25.2 Å². The quantitative estimate of drug-likeness (QED) is 0.627. The van der Waals surface area contributed by atoms with Gasteiger partial charge in [0.05, 0.1) is 12.5 Å². The first-order chi connectivity index (χ1) is 6.27. The van der Waals surface area contributed by atoms with Gasteiger partial charge in [-0.3, -0.25) is 4.79 Å². The minimum atomic E-state index is -0.0557. The maximum Gasteiger partial charge on any atom is 0.311 e. The molecule has 0 saturated heterocycles. The van der Waals surface area contributed by atoms with Gasteiger partial charge in [0.1, 0.15) is 0 Å². The van der Waals surface area contributed by atoms with Crippen LogP contribution < -0.4 is 0 Å². The van der Waals surface area contributed by atoms with E-state index in [-0.39, 0.29) is 11.4 Å². The predicted octanol–water partition coefficient (Wildman–Crippen LogP) is 2.52. The molecule has 0 amide bonds. The Morgan fingerprint density at radius 2 is 2.08 bits per heavy atom. The van der Waals surface area contributed by atoms with Crippen LogP contribution in [0.3, 0.4) is 0 Å². The zero-order valence-electron chi connectivity index (χ0n) is 8.34. The fourth-order valence-corrected chi connectivity index (χ4v) is 2.56. The van der Waals surface area contributed by atoms with E-state index >= 15 is 0 Å². The predicted molar refractivity (Wildman–Crippen MR) is 50.3 cm³/mol. The summed E-state index contributed by atoms with van der Waals surface area (Å²) in [6.45, 7) is 0. The van der Waals surface area contributed by atoms with E-state index in [4.69, 9.17) is 4.74 Å². The fourth-order valence-electron chi connectivity index (χ4n) is 2.56. The molecule has 0 aromatic heterocycles. The van der Waals surface area contributed by atoms with Crippen molar-refractivity contribution in [2.75, 3.05) is 7.11 Å². The molecule has 0 aromatic carbocycles. The third kappa shape index (κ3) is 1.47. The van der Waals surface area contributed by atoms with E-state index in [1.54, 1.807) is 0 Å². The van der Waals surface area contributed by atoms with Crippen LogP contribution in [0.5, 0.6) is 0 Å². The van der Waals surface area contributed by atoms with Crippen molar-refractivity contribution in [2.45, 2.75) is 44.9 Å². The van der Waals surface area contributed by atoms with Gasteiger partial charge < -0.3 is 4.74 Å². The van der Waals surface area contributed by atoms with Gasteiger partial charge in [-0.05, 0) is 25.2 Å². The van der Waals surface area contributed by atoms with Crippen LogP contribution in [0.15, 0.2) is 0 Å². The molecule has 74 valence electrons. The lowest BCUT2D eigenvalue weighted by atomic mass is 9.61. The van der Waals surface area contributed by atoms with Gasteiger partial charge in [-0.2, -0.15) is 0 Å². The van der Waals surface area contributed by atoms with Gasteiger partial charge in [-0.1, -0.05) is 25.7 Å². The van der Waals surface area contributed by atoms with Crippen molar-refractivity contribution in [1.29, 1.82) is 0 Å². The third-order valence-corrected chi connectivity index (χ3v) is 3.83. The molecule has 2 rings (SSSR count). The fraction of sp³-hybridized carbons (Fsp3) is 0.909. The van der Waals surface area contributed by atoms with Crippen molar-refractivity contribution in [2.24, 2.45) is 11.3 Å². The highest BCUT2D eigenvalue weighted by molar-refractivity contribution is 5.77. The van der Waals surface area contributed by atoms with Crippen molar-refractivity contribution >= 4 is 5.97 Å². The number of ether oxygens (including phenoxy) is 1. The Kier molecular flexibility index (Phi) is 2.31. The monoisotopic (exact) mass is 182 g/mol. The van der Waals surface area contributed by atoms with Gasteiger partial charge in [0.15, 0.2) is 0 Å². The number of rotatable bonds is 3. The van der Waals surface area contributed by atoms with Crippen LogP contribution in [0.4, 0.5) is 0 Å². The molecular formula is C11H18O2. The Bertz CT molecular complexity index is 202. The largest absolute Gasteiger partial charge is 0.469 e. The number of hydrogen-bond acceptors (Lipinski definition) is 2. The van der Waals surface area contributed by atoms with Gasteiger partial charge in [-0.15, -0.1) is 0 Å². The normalized spacial score (nSPS) is 25.9. The highest BCUT2D eigenvalue weighted by Gasteiger charge is 2.47. The highest BCUT2D eigenvalue weighted by atomic mass is 16.5. The molecular weight excluding hydrogens is 164 g/mol. The summed E-state index contributed by atoms with van der Waals surface area (Å²) < 4.78 is 4.89. The van der Waals surface area contributed by atoms with Crippen molar-refractivity contribution in [3.63, 3.8) is 0 Å². The zero-order valence-corrected chi connectivity index (χ0v) is 8.34. The van der Waals surface area contributed by atoms with E-state index < -0.39 is 0 Å². The minimum Gasteiger partial charge on any atom is -0.469 e. The molecule has 2 heteroatoms. The topological polar surface area (TPSA) is 26.3 Å². The van der Waals surface area contributed by atoms with E-state index in [0.29, 0.717) is 0 Å². The Morgan fingerprint density at radius 3 is 2.38 bits per heavy atom. The summed E-state index contributed by atoms with van der Waals surface area (Å²) in [4.78, 5) is 11.6. The molecule has 0 aromatic rings. The summed E-state index contributed by atoms with van der Waals surface area (Å²) >= 11 is 0. The number of esters is 1. The lowest BCUT2D eigenvalue weighted by molar-refractivity contribution is -0.160. The van der Waals surface area contributed by atoms with E-state index in [1.165, 1.54) is 32.8 Å². The van der Waals surface area contributed by atoms with Crippen LogP contribution in [0.1, 0.15) is 44.9 Å². The van der Waals surface area contributed by atoms with Crippen LogP contribution in [-0.2, 0) is 9.53 Å². The molecule has 0 spiro atoms. The number of carbonyl (C=O) groups excluding carboxylic acids is 1. The highest BCUT2D eigenvalue weighted by Crippen LogP contribution is 2.50. The lowest BCUT2D eigenvalue weighted by Gasteiger charge is -2.43. The van der Waals surface area contributed by atoms with Crippen LogP contribution in [0.25, 0.3) is 0 Å². The molecule has 2 aliphatic rings. The maximum atomic E-state index is 11.6. The van der Waals surface area contributed by atoms with Crippen LogP contribution in [0.2, 0.25) is 0 Å². The molecule has 2 nitrogen and oxygen atoms in total. The molecule has 0 unspecified atom stereocenters. The summed E-state index contributed by atoms with van der Waals surface area (Å²) in [5, 5.41) is 0. The molecule has 0 radical (unpaired) electrons. The molecule has 2 aliphatic carbocycles. The van der Waals surface area contributed by atoms with E-state index in [9.17, 15) is 4.79 Å². The molecule has 0 bridgehead atoms. The van der Waals surface area contributed by atoms with Crippen molar-refractivity contribution in [3.8, 4) is 0 Å². The van der Waals surface area contributed by atoms with Crippen LogP contribution in [0, 0.1) is 11.3 Å². The van der Waals surface area contributed by atoms with Crippen LogP contribution in [-0.4, -0.2) is 13.1 Å². The Balaban J connectivity index is 1.93. The third-order valence-electron chi connectivity index (χ3n) is 3.83.